The van der Waals surface area contributed by atoms with Crippen molar-refractivity contribution in [2.45, 2.75) is 37.4 Å². The summed E-state index contributed by atoms with van der Waals surface area (Å²) in [6.07, 6.45) is 5.29. The first kappa shape index (κ1) is 13.3. The molecule has 2 heterocycles. The first-order valence-corrected chi connectivity index (χ1v) is 9.50. The van der Waals surface area contributed by atoms with Gasteiger partial charge in [0.15, 0.2) is 0 Å². The van der Waals surface area contributed by atoms with Crippen molar-refractivity contribution in [3.63, 3.8) is 0 Å². The van der Waals surface area contributed by atoms with Gasteiger partial charge in [-0.3, -0.25) is 0 Å². The summed E-state index contributed by atoms with van der Waals surface area (Å²) in [5.74, 6) is 0. The number of hydrogen-bond acceptors (Lipinski definition) is 2. The molecule has 1 atom stereocenters. The number of halogens is 2. The Morgan fingerprint density at radius 3 is 2.50 bits per heavy atom. The van der Waals surface area contributed by atoms with E-state index in [2.05, 4.69) is 50.9 Å². The zero-order valence-corrected chi connectivity index (χ0v) is 14.9. The first-order valence-electron chi connectivity index (χ1n) is 6.16. The van der Waals surface area contributed by atoms with Gasteiger partial charge in [-0.25, -0.2) is 0 Å². The van der Waals surface area contributed by atoms with Crippen molar-refractivity contribution in [1.29, 1.82) is 0 Å². The molecule has 0 radical (unpaired) electrons. The fraction of sp³-hybridized carbons (Fsp3) is 0.429. The molecule has 1 aliphatic carbocycles. The highest BCUT2D eigenvalue weighted by molar-refractivity contribution is 9.11. The van der Waals surface area contributed by atoms with E-state index in [1.54, 1.807) is 10.4 Å². The van der Waals surface area contributed by atoms with Crippen molar-refractivity contribution in [3.8, 4) is 0 Å². The lowest BCUT2D eigenvalue weighted by molar-refractivity contribution is 0.697. The number of thiophene rings is 2. The zero-order chi connectivity index (χ0) is 12.7. The van der Waals surface area contributed by atoms with Crippen LogP contribution in [-0.4, -0.2) is 0 Å². The monoisotopic (exact) mass is 404 g/mol. The summed E-state index contributed by atoms with van der Waals surface area (Å²) in [4.78, 5) is 4.85. The van der Waals surface area contributed by atoms with Crippen LogP contribution in [0.2, 0.25) is 0 Å². The van der Waals surface area contributed by atoms with Crippen LogP contribution in [0.3, 0.4) is 0 Å². The summed E-state index contributed by atoms with van der Waals surface area (Å²) >= 11 is 11.3. The van der Waals surface area contributed by atoms with Crippen molar-refractivity contribution in [2.75, 3.05) is 0 Å². The molecular formula is C14H14Br2S2. The smallest absolute Gasteiger partial charge is 0.0831 e. The van der Waals surface area contributed by atoms with Gasteiger partial charge >= 0.3 is 0 Å². The van der Waals surface area contributed by atoms with Gasteiger partial charge in [0.2, 0.25) is 0 Å². The molecule has 0 aliphatic heterocycles. The SMILES string of the molecule is Cc1cc(C(Br)c2cc3c(s2)CCCC3)sc1Br. The van der Waals surface area contributed by atoms with Crippen molar-refractivity contribution in [2.24, 2.45) is 0 Å². The Morgan fingerprint density at radius 1 is 1.11 bits per heavy atom. The van der Waals surface area contributed by atoms with Gasteiger partial charge in [-0.05, 0) is 71.8 Å². The molecule has 0 nitrogen and oxygen atoms in total. The molecule has 0 saturated heterocycles. The third kappa shape index (κ3) is 2.49. The predicted octanol–water partition coefficient (Wildman–Crippen LogP) is 6.24. The molecule has 0 fully saturated rings. The van der Waals surface area contributed by atoms with Gasteiger partial charge in [-0.1, -0.05) is 15.9 Å². The van der Waals surface area contributed by atoms with E-state index in [9.17, 15) is 0 Å². The predicted molar refractivity (Wildman–Crippen MR) is 88.5 cm³/mol. The van der Waals surface area contributed by atoms with E-state index >= 15 is 0 Å². The van der Waals surface area contributed by atoms with Gasteiger partial charge in [-0.15, -0.1) is 22.7 Å². The second-order valence-electron chi connectivity index (χ2n) is 4.77. The highest BCUT2D eigenvalue weighted by Crippen LogP contribution is 2.43. The van der Waals surface area contributed by atoms with E-state index in [4.69, 9.17) is 0 Å². The molecule has 0 saturated carbocycles. The lowest BCUT2D eigenvalue weighted by Crippen LogP contribution is -1.96. The quantitative estimate of drug-likeness (QED) is 0.518. The molecule has 0 amide bonds. The summed E-state index contributed by atoms with van der Waals surface area (Å²) < 4.78 is 1.25. The second-order valence-corrected chi connectivity index (χ2v) is 9.26. The van der Waals surface area contributed by atoms with E-state index in [-0.39, 0.29) is 0 Å². The van der Waals surface area contributed by atoms with E-state index in [0.29, 0.717) is 4.83 Å². The Morgan fingerprint density at radius 2 is 1.83 bits per heavy atom. The van der Waals surface area contributed by atoms with Crippen LogP contribution < -0.4 is 0 Å². The van der Waals surface area contributed by atoms with Crippen molar-refractivity contribution < 1.29 is 0 Å². The lowest BCUT2D eigenvalue weighted by atomic mass is 9.99. The molecule has 0 N–H and O–H groups in total. The highest BCUT2D eigenvalue weighted by atomic mass is 79.9. The molecule has 1 unspecified atom stereocenters. The fourth-order valence-corrected chi connectivity index (χ4v) is 6.11. The molecule has 3 rings (SSSR count). The van der Waals surface area contributed by atoms with Crippen LogP contribution >= 0.6 is 54.5 Å². The van der Waals surface area contributed by atoms with E-state index in [1.165, 1.54) is 44.8 Å². The van der Waals surface area contributed by atoms with Gasteiger partial charge in [0.1, 0.15) is 0 Å². The van der Waals surface area contributed by atoms with E-state index in [0.717, 1.165) is 0 Å². The zero-order valence-electron chi connectivity index (χ0n) is 10.1. The van der Waals surface area contributed by atoms with Gasteiger partial charge in [0, 0.05) is 14.6 Å². The third-order valence-corrected chi connectivity index (χ3v) is 8.49. The van der Waals surface area contributed by atoms with Crippen LogP contribution in [-0.2, 0) is 12.8 Å². The number of aryl methyl sites for hydroxylation is 3. The first-order chi connectivity index (χ1) is 8.65. The number of rotatable bonds is 2. The lowest BCUT2D eigenvalue weighted by Gasteiger charge is -2.08. The topological polar surface area (TPSA) is 0 Å². The van der Waals surface area contributed by atoms with Crippen LogP contribution in [0, 0.1) is 6.92 Å². The third-order valence-electron chi connectivity index (χ3n) is 3.39. The van der Waals surface area contributed by atoms with Gasteiger partial charge in [0.25, 0.3) is 0 Å². The Labute approximate surface area is 133 Å². The second kappa shape index (κ2) is 5.39. The van der Waals surface area contributed by atoms with E-state index in [1.807, 2.05) is 22.7 Å². The Hall–Kier alpha value is 0.360. The summed E-state index contributed by atoms with van der Waals surface area (Å²) in [7, 11) is 0. The van der Waals surface area contributed by atoms with Crippen molar-refractivity contribution in [3.05, 3.63) is 41.7 Å². The standard InChI is InChI=1S/C14H14Br2S2/c1-8-6-11(18-14(8)16)13(15)12-7-9-4-2-3-5-10(9)17-12/h6-7,13H,2-5H2,1H3. The Balaban J connectivity index is 1.92. The van der Waals surface area contributed by atoms with Crippen molar-refractivity contribution >= 4 is 54.5 Å². The maximum atomic E-state index is 3.87. The summed E-state index contributed by atoms with van der Waals surface area (Å²) in [6.45, 7) is 2.16. The van der Waals surface area contributed by atoms with E-state index < -0.39 is 0 Å². The highest BCUT2D eigenvalue weighted by Gasteiger charge is 2.20. The average Bonchev–Trinajstić information content (AvgIpc) is 2.93. The molecule has 96 valence electrons. The van der Waals surface area contributed by atoms with Crippen LogP contribution in [0.1, 0.15) is 43.4 Å². The molecule has 1 aliphatic rings. The summed E-state index contributed by atoms with van der Waals surface area (Å²) in [5.41, 5.74) is 2.93. The van der Waals surface area contributed by atoms with Gasteiger partial charge in [0.05, 0.1) is 8.61 Å². The minimum absolute atomic E-state index is 0.364. The molecule has 0 aromatic carbocycles. The molecule has 0 bridgehead atoms. The Bertz CT molecular complexity index is 525. The van der Waals surface area contributed by atoms with Gasteiger partial charge < -0.3 is 0 Å². The summed E-state index contributed by atoms with van der Waals surface area (Å²) in [6, 6.07) is 4.70. The van der Waals surface area contributed by atoms with Crippen molar-refractivity contribution in [1.82, 2.24) is 0 Å². The fourth-order valence-electron chi connectivity index (χ4n) is 2.39. The van der Waals surface area contributed by atoms with Crippen LogP contribution in [0.4, 0.5) is 0 Å². The molecule has 18 heavy (non-hydrogen) atoms. The van der Waals surface area contributed by atoms with Gasteiger partial charge in [-0.2, -0.15) is 0 Å². The molecule has 4 heteroatoms. The van der Waals surface area contributed by atoms with Crippen LogP contribution in [0.5, 0.6) is 0 Å². The molecular weight excluding hydrogens is 392 g/mol. The number of hydrogen-bond donors (Lipinski definition) is 0. The van der Waals surface area contributed by atoms with Crippen LogP contribution in [0.25, 0.3) is 0 Å². The maximum absolute atomic E-state index is 3.87. The molecule has 2 aromatic rings. The minimum Gasteiger partial charge on any atom is -0.144 e. The maximum Gasteiger partial charge on any atom is 0.0831 e. The summed E-state index contributed by atoms with van der Waals surface area (Å²) in [5, 5.41) is 0. The average molecular weight is 406 g/mol. The Kier molecular flexibility index (Phi) is 4.00. The minimum atomic E-state index is 0.364. The van der Waals surface area contributed by atoms with Crippen LogP contribution in [0.15, 0.2) is 15.9 Å². The molecule has 0 spiro atoms. The normalized spacial score (nSPS) is 16.6. The molecule has 2 aromatic heterocycles. The number of alkyl halides is 1. The largest absolute Gasteiger partial charge is 0.144 e. The number of fused-ring (bicyclic) bond motifs is 1.